The molecule has 1 aromatic rings. The van der Waals surface area contributed by atoms with Gasteiger partial charge in [0.05, 0.1) is 5.69 Å². The van der Waals surface area contributed by atoms with Crippen LogP contribution in [0.1, 0.15) is 32.6 Å². The summed E-state index contributed by atoms with van der Waals surface area (Å²) in [4.78, 5) is 3.94. The third-order valence-electron chi connectivity index (χ3n) is 3.40. The molecular formula is C12H19N3O2S. The number of anilines is 1. The first-order chi connectivity index (χ1) is 8.57. The lowest BCUT2D eigenvalue weighted by atomic mass is 10.2. The highest BCUT2D eigenvalue weighted by Crippen LogP contribution is 2.29. The molecule has 0 radical (unpaired) electrons. The van der Waals surface area contributed by atoms with Crippen molar-refractivity contribution in [3.8, 4) is 0 Å². The lowest BCUT2D eigenvalue weighted by molar-refractivity contribution is 0.334. The van der Waals surface area contributed by atoms with E-state index in [0.29, 0.717) is 6.54 Å². The molecule has 1 aliphatic carbocycles. The fourth-order valence-corrected chi connectivity index (χ4v) is 4.27. The molecule has 2 rings (SSSR count). The minimum Gasteiger partial charge on any atom is -0.396 e. The second kappa shape index (κ2) is 5.24. The number of rotatable bonds is 4. The Balaban J connectivity index is 2.37. The van der Waals surface area contributed by atoms with Crippen molar-refractivity contribution in [2.45, 2.75) is 43.7 Å². The van der Waals surface area contributed by atoms with E-state index in [-0.39, 0.29) is 16.8 Å². The Morgan fingerprint density at radius 3 is 2.67 bits per heavy atom. The van der Waals surface area contributed by atoms with Crippen LogP contribution in [0.5, 0.6) is 0 Å². The van der Waals surface area contributed by atoms with Gasteiger partial charge >= 0.3 is 0 Å². The van der Waals surface area contributed by atoms with Crippen LogP contribution in [-0.2, 0) is 10.0 Å². The Morgan fingerprint density at radius 2 is 2.11 bits per heavy atom. The van der Waals surface area contributed by atoms with Crippen molar-refractivity contribution in [2.24, 2.45) is 0 Å². The largest absolute Gasteiger partial charge is 0.396 e. The van der Waals surface area contributed by atoms with Crippen LogP contribution >= 0.6 is 0 Å². The van der Waals surface area contributed by atoms with Crippen LogP contribution in [0.15, 0.2) is 23.4 Å². The number of aromatic nitrogens is 1. The maximum atomic E-state index is 12.6. The SMILES string of the molecule is CCN(C1CCCC1)S(=O)(=O)c1ncccc1N. The van der Waals surface area contributed by atoms with Gasteiger partial charge in [0.2, 0.25) is 0 Å². The predicted octanol–water partition coefficient (Wildman–Crippen LogP) is 1.62. The second-order valence-electron chi connectivity index (χ2n) is 4.54. The fraction of sp³-hybridized carbons (Fsp3) is 0.583. The maximum absolute atomic E-state index is 12.6. The number of nitrogens with two attached hydrogens (primary N) is 1. The van der Waals surface area contributed by atoms with Gasteiger partial charge in [-0.15, -0.1) is 0 Å². The third-order valence-corrected chi connectivity index (χ3v) is 5.40. The Hall–Kier alpha value is -1.14. The molecule has 5 nitrogen and oxygen atoms in total. The molecule has 1 heterocycles. The average molecular weight is 269 g/mol. The van der Waals surface area contributed by atoms with E-state index in [9.17, 15) is 8.42 Å². The zero-order valence-corrected chi connectivity index (χ0v) is 11.4. The monoisotopic (exact) mass is 269 g/mol. The summed E-state index contributed by atoms with van der Waals surface area (Å²) in [6, 6.07) is 3.31. The molecule has 18 heavy (non-hydrogen) atoms. The number of nitrogen functional groups attached to an aromatic ring is 1. The van der Waals surface area contributed by atoms with Crippen molar-refractivity contribution in [3.05, 3.63) is 18.3 Å². The smallest absolute Gasteiger partial charge is 0.262 e. The summed E-state index contributed by atoms with van der Waals surface area (Å²) in [5.74, 6) is 0. The molecule has 1 aromatic heterocycles. The number of hydrogen-bond acceptors (Lipinski definition) is 4. The van der Waals surface area contributed by atoms with E-state index >= 15 is 0 Å². The summed E-state index contributed by atoms with van der Waals surface area (Å²) in [6.45, 7) is 2.32. The van der Waals surface area contributed by atoms with Crippen molar-refractivity contribution in [3.63, 3.8) is 0 Å². The molecule has 100 valence electrons. The number of hydrogen-bond donors (Lipinski definition) is 1. The van der Waals surface area contributed by atoms with E-state index in [1.165, 1.54) is 6.20 Å². The highest BCUT2D eigenvalue weighted by Gasteiger charge is 2.33. The van der Waals surface area contributed by atoms with E-state index in [4.69, 9.17) is 5.73 Å². The Labute approximate surface area is 108 Å². The molecule has 0 amide bonds. The first kappa shape index (κ1) is 13.3. The van der Waals surface area contributed by atoms with Gasteiger partial charge in [-0.1, -0.05) is 19.8 Å². The molecule has 2 N–H and O–H groups in total. The average Bonchev–Trinajstić information content (AvgIpc) is 2.83. The topological polar surface area (TPSA) is 76.3 Å². The van der Waals surface area contributed by atoms with E-state index in [1.807, 2.05) is 6.92 Å². The molecule has 0 unspecified atom stereocenters. The molecule has 0 spiro atoms. The highest BCUT2D eigenvalue weighted by atomic mass is 32.2. The zero-order chi connectivity index (χ0) is 13.2. The minimum absolute atomic E-state index is 0.0150. The molecule has 0 saturated heterocycles. The van der Waals surface area contributed by atoms with Gasteiger partial charge in [0, 0.05) is 18.8 Å². The van der Waals surface area contributed by atoms with Crippen molar-refractivity contribution < 1.29 is 8.42 Å². The Kier molecular flexibility index (Phi) is 3.87. The van der Waals surface area contributed by atoms with Crippen LogP contribution in [-0.4, -0.2) is 30.3 Å². The molecule has 0 atom stereocenters. The van der Waals surface area contributed by atoms with Gasteiger partial charge < -0.3 is 5.73 Å². The normalized spacial score (nSPS) is 17.4. The van der Waals surface area contributed by atoms with E-state index in [2.05, 4.69) is 4.98 Å². The van der Waals surface area contributed by atoms with Gasteiger partial charge in [0.25, 0.3) is 10.0 Å². The van der Waals surface area contributed by atoms with Crippen LogP contribution in [0.3, 0.4) is 0 Å². The lowest BCUT2D eigenvalue weighted by Crippen LogP contribution is -2.39. The number of nitrogens with zero attached hydrogens (tertiary/aromatic N) is 2. The molecule has 1 aliphatic rings. The zero-order valence-electron chi connectivity index (χ0n) is 10.5. The van der Waals surface area contributed by atoms with Crippen LogP contribution in [0.2, 0.25) is 0 Å². The molecule has 0 bridgehead atoms. The van der Waals surface area contributed by atoms with Crippen LogP contribution < -0.4 is 5.73 Å². The summed E-state index contributed by atoms with van der Waals surface area (Å²) < 4.78 is 26.6. The van der Waals surface area contributed by atoms with Gasteiger partial charge in [-0.2, -0.15) is 4.31 Å². The van der Waals surface area contributed by atoms with Crippen molar-refractivity contribution in [1.82, 2.24) is 9.29 Å². The van der Waals surface area contributed by atoms with Gasteiger partial charge in [0.15, 0.2) is 5.03 Å². The summed E-state index contributed by atoms with van der Waals surface area (Å²) in [5, 5.41) is -0.0150. The van der Waals surface area contributed by atoms with Crippen LogP contribution in [0.25, 0.3) is 0 Å². The van der Waals surface area contributed by atoms with Crippen molar-refractivity contribution >= 4 is 15.7 Å². The highest BCUT2D eigenvalue weighted by molar-refractivity contribution is 7.89. The first-order valence-electron chi connectivity index (χ1n) is 6.29. The minimum atomic E-state index is -3.57. The second-order valence-corrected chi connectivity index (χ2v) is 6.35. The summed E-state index contributed by atoms with van der Waals surface area (Å²) in [6.07, 6.45) is 5.51. The quantitative estimate of drug-likeness (QED) is 0.901. The third kappa shape index (κ3) is 2.35. The van der Waals surface area contributed by atoms with Crippen LogP contribution in [0, 0.1) is 0 Å². The fourth-order valence-electron chi connectivity index (χ4n) is 2.55. The summed E-state index contributed by atoms with van der Waals surface area (Å²) in [5.41, 5.74) is 5.95. The Morgan fingerprint density at radius 1 is 1.44 bits per heavy atom. The van der Waals surface area contributed by atoms with Crippen LogP contribution in [0.4, 0.5) is 5.69 Å². The first-order valence-corrected chi connectivity index (χ1v) is 7.73. The van der Waals surface area contributed by atoms with E-state index < -0.39 is 10.0 Å². The van der Waals surface area contributed by atoms with Gasteiger partial charge in [-0.3, -0.25) is 0 Å². The standard InChI is InChI=1S/C12H19N3O2S/c1-2-15(10-6-3-4-7-10)18(16,17)12-11(13)8-5-9-14-12/h5,8-10H,2-4,6-7,13H2,1H3. The molecular weight excluding hydrogens is 250 g/mol. The molecule has 6 heteroatoms. The number of sulfonamides is 1. The lowest BCUT2D eigenvalue weighted by Gasteiger charge is -2.26. The van der Waals surface area contributed by atoms with Crippen molar-refractivity contribution in [1.29, 1.82) is 0 Å². The van der Waals surface area contributed by atoms with Crippen molar-refractivity contribution in [2.75, 3.05) is 12.3 Å². The summed E-state index contributed by atoms with van der Waals surface area (Å²) in [7, 11) is -3.57. The van der Waals surface area contributed by atoms with Gasteiger partial charge in [-0.25, -0.2) is 13.4 Å². The van der Waals surface area contributed by atoms with E-state index in [1.54, 1.807) is 16.4 Å². The van der Waals surface area contributed by atoms with Gasteiger partial charge in [-0.05, 0) is 25.0 Å². The Bertz CT molecular complexity index is 510. The molecule has 0 aliphatic heterocycles. The number of pyridine rings is 1. The molecule has 0 aromatic carbocycles. The molecule has 1 fully saturated rings. The van der Waals surface area contributed by atoms with Gasteiger partial charge in [0.1, 0.15) is 0 Å². The van der Waals surface area contributed by atoms with E-state index in [0.717, 1.165) is 25.7 Å². The molecule has 1 saturated carbocycles. The predicted molar refractivity (Wildman–Crippen MR) is 70.5 cm³/mol. The summed E-state index contributed by atoms with van der Waals surface area (Å²) >= 11 is 0. The maximum Gasteiger partial charge on any atom is 0.262 e.